The molecule has 92 valence electrons. The topological polar surface area (TPSA) is 66.6 Å². The second kappa shape index (κ2) is 4.00. The second-order valence-electron chi connectivity index (χ2n) is 5.77. The van der Waals surface area contributed by atoms with Gasteiger partial charge in [-0.3, -0.25) is 4.79 Å². The maximum atomic E-state index is 11.3. The Morgan fingerprint density at radius 3 is 2.25 bits per heavy atom. The first kappa shape index (κ1) is 11.9. The van der Waals surface area contributed by atoms with Crippen LogP contribution in [-0.4, -0.2) is 41.1 Å². The number of rotatable bonds is 4. The van der Waals surface area contributed by atoms with Gasteiger partial charge in [-0.05, 0) is 30.6 Å². The zero-order chi connectivity index (χ0) is 11.9. The van der Waals surface area contributed by atoms with Crippen LogP contribution in [0.1, 0.15) is 26.7 Å². The number of nitrogens with two attached hydrogens (primary N) is 1. The van der Waals surface area contributed by atoms with Gasteiger partial charge in [-0.2, -0.15) is 0 Å². The van der Waals surface area contributed by atoms with Gasteiger partial charge in [0.2, 0.25) is 0 Å². The third kappa shape index (κ3) is 2.09. The summed E-state index contributed by atoms with van der Waals surface area (Å²) in [4.78, 5) is 13.5. The standard InChI is InChI=1S/C12H22N2O2/c1-8-5-14(6-9(8)2)7-12(13,11(15)16)10-3-4-10/h8-10H,3-7,13H2,1-2H3,(H,15,16). The first-order chi connectivity index (χ1) is 7.43. The number of carboxylic acid groups (broad SMARTS) is 1. The number of hydrogen-bond acceptors (Lipinski definition) is 3. The van der Waals surface area contributed by atoms with Crippen molar-refractivity contribution in [1.29, 1.82) is 0 Å². The first-order valence-electron chi connectivity index (χ1n) is 6.18. The highest BCUT2D eigenvalue weighted by molar-refractivity contribution is 5.79. The van der Waals surface area contributed by atoms with Crippen molar-refractivity contribution in [2.24, 2.45) is 23.5 Å². The third-order valence-electron chi connectivity index (χ3n) is 4.25. The normalized spacial score (nSPS) is 34.9. The molecule has 2 fully saturated rings. The molecule has 3 unspecified atom stereocenters. The summed E-state index contributed by atoms with van der Waals surface area (Å²) < 4.78 is 0. The lowest BCUT2D eigenvalue weighted by atomic mass is 9.94. The maximum Gasteiger partial charge on any atom is 0.325 e. The van der Waals surface area contributed by atoms with Crippen LogP contribution < -0.4 is 5.73 Å². The molecule has 0 aromatic rings. The van der Waals surface area contributed by atoms with Crippen molar-refractivity contribution in [3.63, 3.8) is 0 Å². The minimum Gasteiger partial charge on any atom is -0.480 e. The molecule has 2 rings (SSSR count). The van der Waals surface area contributed by atoms with Crippen molar-refractivity contribution in [2.45, 2.75) is 32.2 Å². The number of nitrogens with zero attached hydrogens (tertiary/aromatic N) is 1. The predicted molar refractivity (Wildman–Crippen MR) is 62.0 cm³/mol. The van der Waals surface area contributed by atoms with Crippen molar-refractivity contribution in [3.05, 3.63) is 0 Å². The smallest absolute Gasteiger partial charge is 0.325 e. The van der Waals surface area contributed by atoms with E-state index in [0.717, 1.165) is 25.9 Å². The van der Waals surface area contributed by atoms with Crippen molar-refractivity contribution in [3.8, 4) is 0 Å². The monoisotopic (exact) mass is 226 g/mol. The van der Waals surface area contributed by atoms with Gasteiger partial charge in [0.05, 0.1) is 0 Å². The Balaban J connectivity index is 1.99. The Labute approximate surface area is 96.8 Å². The Bertz CT molecular complexity index is 281. The number of hydrogen-bond donors (Lipinski definition) is 2. The van der Waals surface area contributed by atoms with Crippen molar-refractivity contribution < 1.29 is 9.90 Å². The van der Waals surface area contributed by atoms with Gasteiger partial charge >= 0.3 is 5.97 Å². The van der Waals surface area contributed by atoms with E-state index in [1.165, 1.54) is 0 Å². The van der Waals surface area contributed by atoms with Crippen molar-refractivity contribution in [1.82, 2.24) is 4.90 Å². The van der Waals surface area contributed by atoms with Gasteiger partial charge in [0.1, 0.15) is 5.54 Å². The average molecular weight is 226 g/mol. The van der Waals surface area contributed by atoms with Gasteiger partial charge in [-0.25, -0.2) is 0 Å². The first-order valence-corrected chi connectivity index (χ1v) is 6.18. The molecule has 4 heteroatoms. The molecule has 1 aliphatic carbocycles. The fourth-order valence-electron chi connectivity index (χ4n) is 2.72. The summed E-state index contributed by atoms with van der Waals surface area (Å²) in [6.45, 7) is 6.93. The maximum absolute atomic E-state index is 11.3. The van der Waals surface area contributed by atoms with E-state index >= 15 is 0 Å². The van der Waals surface area contributed by atoms with E-state index in [-0.39, 0.29) is 5.92 Å². The van der Waals surface area contributed by atoms with Crippen LogP contribution in [0.2, 0.25) is 0 Å². The van der Waals surface area contributed by atoms with E-state index < -0.39 is 11.5 Å². The molecule has 0 aromatic carbocycles. The Hall–Kier alpha value is -0.610. The van der Waals surface area contributed by atoms with Crippen molar-refractivity contribution in [2.75, 3.05) is 19.6 Å². The lowest BCUT2D eigenvalue weighted by Crippen LogP contribution is -2.57. The predicted octanol–water partition coefficient (Wildman–Crippen LogP) is 0.766. The molecular formula is C12H22N2O2. The zero-order valence-corrected chi connectivity index (χ0v) is 10.1. The summed E-state index contributed by atoms with van der Waals surface area (Å²) in [6.07, 6.45) is 1.95. The summed E-state index contributed by atoms with van der Waals surface area (Å²) in [5, 5.41) is 9.28. The summed E-state index contributed by atoms with van der Waals surface area (Å²) in [5.74, 6) is 0.660. The fraction of sp³-hybridized carbons (Fsp3) is 0.917. The highest BCUT2D eigenvalue weighted by Crippen LogP contribution is 2.39. The Morgan fingerprint density at radius 2 is 1.88 bits per heavy atom. The Morgan fingerprint density at radius 1 is 1.38 bits per heavy atom. The summed E-state index contributed by atoms with van der Waals surface area (Å²) in [6, 6.07) is 0. The zero-order valence-electron chi connectivity index (χ0n) is 10.1. The molecule has 0 radical (unpaired) electrons. The van der Waals surface area contributed by atoms with Crippen LogP contribution in [0.15, 0.2) is 0 Å². The van der Waals surface area contributed by atoms with Gasteiger partial charge in [0.15, 0.2) is 0 Å². The highest BCUT2D eigenvalue weighted by Gasteiger charge is 2.49. The van der Waals surface area contributed by atoms with Crippen molar-refractivity contribution >= 4 is 5.97 Å². The minimum absolute atomic E-state index is 0.191. The number of aliphatic carboxylic acids is 1. The van der Waals surface area contributed by atoms with Crippen LogP contribution in [0.5, 0.6) is 0 Å². The van der Waals surface area contributed by atoms with E-state index in [4.69, 9.17) is 5.73 Å². The SMILES string of the molecule is CC1CN(CC(N)(C(=O)O)C2CC2)CC1C. The molecule has 0 bridgehead atoms. The third-order valence-corrected chi connectivity index (χ3v) is 4.25. The van der Waals surface area contributed by atoms with E-state index in [2.05, 4.69) is 18.7 Å². The molecule has 0 aromatic heterocycles. The van der Waals surface area contributed by atoms with E-state index in [9.17, 15) is 9.90 Å². The highest BCUT2D eigenvalue weighted by atomic mass is 16.4. The molecule has 0 amide bonds. The van der Waals surface area contributed by atoms with Crippen LogP contribution >= 0.6 is 0 Å². The lowest BCUT2D eigenvalue weighted by molar-refractivity contribution is -0.145. The largest absolute Gasteiger partial charge is 0.480 e. The summed E-state index contributed by atoms with van der Waals surface area (Å²) in [7, 11) is 0. The molecule has 1 saturated heterocycles. The van der Waals surface area contributed by atoms with Gasteiger partial charge in [0.25, 0.3) is 0 Å². The number of carbonyl (C=O) groups is 1. The van der Waals surface area contributed by atoms with Crippen LogP contribution in [-0.2, 0) is 4.79 Å². The van der Waals surface area contributed by atoms with E-state index in [1.807, 2.05) is 0 Å². The second-order valence-corrected chi connectivity index (χ2v) is 5.77. The van der Waals surface area contributed by atoms with Gasteiger partial charge in [-0.15, -0.1) is 0 Å². The van der Waals surface area contributed by atoms with E-state index in [1.54, 1.807) is 0 Å². The lowest BCUT2D eigenvalue weighted by Gasteiger charge is -2.30. The molecule has 1 heterocycles. The minimum atomic E-state index is -1.01. The quantitative estimate of drug-likeness (QED) is 0.743. The molecule has 1 aliphatic heterocycles. The van der Waals surface area contributed by atoms with Crippen LogP contribution in [0.3, 0.4) is 0 Å². The fourth-order valence-corrected chi connectivity index (χ4v) is 2.72. The van der Waals surface area contributed by atoms with Crippen LogP contribution in [0, 0.1) is 17.8 Å². The molecule has 1 saturated carbocycles. The molecule has 4 nitrogen and oxygen atoms in total. The Kier molecular flexibility index (Phi) is 2.97. The average Bonchev–Trinajstić information content (AvgIpc) is 2.96. The van der Waals surface area contributed by atoms with E-state index in [0.29, 0.717) is 18.4 Å². The summed E-state index contributed by atoms with van der Waals surface area (Å²) >= 11 is 0. The number of likely N-dealkylation sites (tertiary alicyclic amines) is 1. The van der Waals surface area contributed by atoms with Gasteiger partial charge in [0, 0.05) is 19.6 Å². The number of carboxylic acids is 1. The van der Waals surface area contributed by atoms with Crippen LogP contribution in [0.4, 0.5) is 0 Å². The molecular weight excluding hydrogens is 204 g/mol. The molecule has 0 spiro atoms. The van der Waals surface area contributed by atoms with Gasteiger partial charge in [-0.1, -0.05) is 13.8 Å². The molecule has 3 atom stereocenters. The molecule has 3 N–H and O–H groups in total. The van der Waals surface area contributed by atoms with Gasteiger partial charge < -0.3 is 15.7 Å². The molecule has 16 heavy (non-hydrogen) atoms. The summed E-state index contributed by atoms with van der Waals surface area (Å²) in [5.41, 5.74) is 5.07. The van der Waals surface area contributed by atoms with Crippen LogP contribution in [0.25, 0.3) is 0 Å². The molecule has 2 aliphatic rings.